The minimum Gasteiger partial charge on any atom is -0.497 e. The van der Waals surface area contributed by atoms with Crippen LogP contribution in [0.5, 0.6) is 5.75 Å². The van der Waals surface area contributed by atoms with Gasteiger partial charge in [0.25, 0.3) is 0 Å². The summed E-state index contributed by atoms with van der Waals surface area (Å²) in [6, 6.07) is 8.27. The van der Waals surface area contributed by atoms with Gasteiger partial charge in [0.05, 0.1) is 13.7 Å². The van der Waals surface area contributed by atoms with Gasteiger partial charge in [-0.05, 0) is 43.4 Å². The molecule has 1 aliphatic carbocycles. The van der Waals surface area contributed by atoms with E-state index >= 15 is 0 Å². The molecular weight excluding hydrogens is 274 g/mol. The van der Waals surface area contributed by atoms with Crippen molar-refractivity contribution in [1.82, 2.24) is 10.6 Å². The lowest BCUT2D eigenvalue weighted by Crippen LogP contribution is -2.39. The third-order valence-electron chi connectivity index (χ3n) is 4.10. The van der Waals surface area contributed by atoms with E-state index in [9.17, 15) is 0 Å². The lowest BCUT2D eigenvalue weighted by atomic mass is 9.85. The zero-order valence-corrected chi connectivity index (χ0v) is 14.3. The van der Waals surface area contributed by atoms with Gasteiger partial charge in [-0.2, -0.15) is 0 Å². The Labute approximate surface area is 134 Å². The van der Waals surface area contributed by atoms with E-state index in [0.717, 1.165) is 37.3 Å². The molecule has 0 heterocycles. The lowest BCUT2D eigenvalue weighted by molar-refractivity contribution is 0.414. The number of guanidine groups is 1. The monoisotopic (exact) mass is 303 g/mol. The zero-order chi connectivity index (χ0) is 16.0. The summed E-state index contributed by atoms with van der Waals surface area (Å²) in [5, 5.41) is 6.77. The predicted octanol–water partition coefficient (Wildman–Crippen LogP) is 2.94. The van der Waals surface area contributed by atoms with Crippen LogP contribution >= 0.6 is 0 Å². The van der Waals surface area contributed by atoms with Gasteiger partial charge < -0.3 is 15.4 Å². The molecule has 0 bridgehead atoms. The van der Waals surface area contributed by atoms with Crippen LogP contribution in [-0.4, -0.2) is 32.7 Å². The number of ether oxygens (including phenoxy) is 1. The van der Waals surface area contributed by atoms with Crippen molar-refractivity contribution in [2.75, 3.05) is 26.7 Å². The molecule has 22 heavy (non-hydrogen) atoms. The summed E-state index contributed by atoms with van der Waals surface area (Å²) in [6.45, 7) is 9.22. The SMILES string of the molecule is CCNC(=NCC(C)(C)c1ccc(OC)cc1)NCC1CC1. The Kier molecular flexibility index (Phi) is 5.69. The van der Waals surface area contributed by atoms with E-state index in [1.807, 2.05) is 12.1 Å². The van der Waals surface area contributed by atoms with E-state index < -0.39 is 0 Å². The molecule has 4 heteroatoms. The van der Waals surface area contributed by atoms with Gasteiger partial charge in [-0.15, -0.1) is 0 Å². The predicted molar refractivity (Wildman–Crippen MR) is 92.7 cm³/mol. The first kappa shape index (κ1) is 16.7. The van der Waals surface area contributed by atoms with Crippen LogP contribution in [-0.2, 0) is 5.41 Å². The van der Waals surface area contributed by atoms with Gasteiger partial charge in [-0.3, -0.25) is 4.99 Å². The normalized spacial score (nSPS) is 15.5. The molecule has 0 aliphatic heterocycles. The molecule has 0 atom stereocenters. The van der Waals surface area contributed by atoms with Gasteiger partial charge >= 0.3 is 0 Å². The van der Waals surface area contributed by atoms with Crippen LogP contribution in [0.15, 0.2) is 29.3 Å². The van der Waals surface area contributed by atoms with Crippen LogP contribution in [0.2, 0.25) is 0 Å². The summed E-state index contributed by atoms with van der Waals surface area (Å²) in [7, 11) is 1.69. The number of nitrogens with one attached hydrogen (secondary N) is 2. The number of rotatable bonds is 7. The van der Waals surface area contributed by atoms with Crippen LogP contribution in [0.3, 0.4) is 0 Å². The smallest absolute Gasteiger partial charge is 0.191 e. The fraction of sp³-hybridized carbons (Fsp3) is 0.611. The summed E-state index contributed by atoms with van der Waals surface area (Å²) in [5.74, 6) is 2.66. The Morgan fingerprint density at radius 2 is 1.91 bits per heavy atom. The van der Waals surface area contributed by atoms with Crippen LogP contribution in [0.1, 0.15) is 39.2 Å². The molecule has 0 spiro atoms. The van der Waals surface area contributed by atoms with Crippen molar-refractivity contribution < 1.29 is 4.74 Å². The third-order valence-corrected chi connectivity index (χ3v) is 4.10. The highest BCUT2D eigenvalue weighted by molar-refractivity contribution is 5.79. The maximum Gasteiger partial charge on any atom is 0.191 e. The average Bonchev–Trinajstić information content (AvgIpc) is 3.34. The quantitative estimate of drug-likeness (QED) is 0.601. The fourth-order valence-electron chi connectivity index (χ4n) is 2.31. The van der Waals surface area contributed by atoms with Crippen LogP contribution in [0.4, 0.5) is 0 Å². The second-order valence-electron chi connectivity index (χ2n) is 6.63. The lowest BCUT2D eigenvalue weighted by Gasteiger charge is -2.24. The van der Waals surface area contributed by atoms with Crippen LogP contribution < -0.4 is 15.4 Å². The second-order valence-corrected chi connectivity index (χ2v) is 6.63. The van der Waals surface area contributed by atoms with Crippen molar-refractivity contribution in [1.29, 1.82) is 0 Å². The largest absolute Gasteiger partial charge is 0.497 e. The molecule has 0 aromatic heterocycles. The first-order chi connectivity index (χ1) is 10.5. The summed E-state index contributed by atoms with van der Waals surface area (Å²) in [5.41, 5.74) is 1.27. The summed E-state index contributed by atoms with van der Waals surface area (Å²) in [4.78, 5) is 4.77. The molecule has 0 unspecified atom stereocenters. The molecule has 0 radical (unpaired) electrons. The number of benzene rings is 1. The van der Waals surface area contributed by atoms with Crippen molar-refractivity contribution in [3.8, 4) is 5.75 Å². The second kappa shape index (κ2) is 7.52. The molecule has 0 amide bonds. The van der Waals surface area contributed by atoms with Crippen molar-refractivity contribution in [3.63, 3.8) is 0 Å². The number of hydrogen-bond acceptors (Lipinski definition) is 2. The van der Waals surface area contributed by atoms with Crippen molar-refractivity contribution in [2.24, 2.45) is 10.9 Å². The van der Waals surface area contributed by atoms with Crippen molar-refractivity contribution in [3.05, 3.63) is 29.8 Å². The molecular formula is C18H29N3O. The Hall–Kier alpha value is -1.71. The third kappa shape index (κ3) is 4.93. The summed E-state index contributed by atoms with van der Waals surface area (Å²) >= 11 is 0. The van der Waals surface area contributed by atoms with E-state index in [-0.39, 0.29) is 5.41 Å². The molecule has 122 valence electrons. The molecule has 2 N–H and O–H groups in total. The Balaban J connectivity index is 1.98. The van der Waals surface area contributed by atoms with Crippen LogP contribution in [0.25, 0.3) is 0 Å². The molecule has 0 saturated heterocycles. The van der Waals surface area contributed by atoms with E-state index in [0.29, 0.717) is 0 Å². The summed E-state index contributed by atoms with van der Waals surface area (Å²) in [6.07, 6.45) is 2.70. The molecule has 4 nitrogen and oxygen atoms in total. The van der Waals surface area contributed by atoms with Gasteiger partial charge in [-0.25, -0.2) is 0 Å². The first-order valence-corrected chi connectivity index (χ1v) is 8.22. The first-order valence-electron chi connectivity index (χ1n) is 8.22. The van der Waals surface area contributed by atoms with Crippen molar-refractivity contribution in [2.45, 2.75) is 39.0 Å². The number of aliphatic imine (C=N–C) groups is 1. The highest BCUT2D eigenvalue weighted by Crippen LogP contribution is 2.28. The Morgan fingerprint density at radius 3 is 2.45 bits per heavy atom. The molecule has 1 fully saturated rings. The van der Waals surface area contributed by atoms with Gasteiger partial charge in [0.2, 0.25) is 0 Å². The van der Waals surface area contributed by atoms with E-state index in [4.69, 9.17) is 9.73 Å². The minimum absolute atomic E-state index is 0.00575. The topological polar surface area (TPSA) is 45.7 Å². The average molecular weight is 303 g/mol. The van der Waals surface area contributed by atoms with Crippen molar-refractivity contribution >= 4 is 5.96 Å². The van der Waals surface area contributed by atoms with Gasteiger partial charge in [-0.1, -0.05) is 26.0 Å². The number of nitrogens with zero attached hydrogens (tertiary/aromatic N) is 1. The molecule has 2 rings (SSSR count). The van der Waals surface area contributed by atoms with E-state index in [2.05, 4.69) is 43.5 Å². The number of hydrogen-bond donors (Lipinski definition) is 2. The fourth-order valence-corrected chi connectivity index (χ4v) is 2.31. The van der Waals surface area contributed by atoms with Crippen LogP contribution in [0, 0.1) is 5.92 Å². The van der Waals surface area contributed by atoms with Gasteiger partial charge in [0.15, 0.2) is 5.96 Å². The standard InChI is InChI=1S/C18H29N3O/c1-5-19-17(20-12-14-6-7-14)21-13-18(2,3)15-8-10-16(22-4)11-9-15/h8-11,14H,5-7,12-13H2,1-4H3,(H2,19,20,21). The van der Waals surface area contributed by atoms with Gasteiger partial charge in [0, 0.05) is 18.5 Å². The molecule has 1 aromatic rings. The minimum atomic E-state index is -0.00575. The summed E-state index contributed by atoms with van der Waals surface area (Å²) < 4.78 is 5.22. The van der Waals surface area contributed by atoms with E-state index in [1.54, 1.807) is 7.11 Å². The van der Waals surface area contributed by atoms with E-state index in [1.165, 1.54) is 18.4 Å². The Bertz CT molecular complexity index is 490. The highest BCUT2D eigenvalue weighted by atomic mass is 16.5. The zero-order valence-electron chi connectivity index (χ0n) is 14.3. The van der Waals surface area contributed by atoms with Gasteiger partial charge in [0.1, 0.15) is 5.75 Å². The highest BCUT2D eigenvalue weighted by Gasteiger charge is 2.22. The molecule has 1 aromatic carbocycles. The Morgan fingerprint density at radius 1 is 1.23 bits per heavy atom. The maximum atomic E-state index is 5.22. The number of methoxy groups -OCH3 is 1. The molecule has 1 saturated carbocycles. The maximum absolute atomic E-state index is 5.22. The molecule has 1 aliphatic rings.